The highest BCUT2D eigenvalue weighted by atomic mass is 16.5. The van der Waals surface area contributed by atoms with Crippen molar-refractivity contribution in [1.29, 1.82) is 0 Å². The zero-order chi connectivity index (χ0) is 13.9. The van der Waals surface area contributed by atoms with Gasteiger partial charge in [0.1, 0.15) is 12.4 Å². The molecule has 0 spiro atoms. The number of carbonyl (C=O) groups excluding carboxylic acids is 1. The van der Waals surface area contributed by atoms with Crippen LogP contribution in [0.4, 0.5) is 0 Å². The number of carbonyl (C=O) groups is 1. The molecule has 0 unspecified atom stereocenters. The summed E-state index contributed by atoms with van der Waals surface area (Å²) in [5.41, 5.74) is 4.12. The fraction of sp³-hybridized carbons (Fsp3) is 0.235. The summed E-state index contributed by atoms with van der Waals surface area (Å²) in [7, 11) is 0. The zero-order valence-electron chi connectivity index (χ0n) is 11.5. The van der Waals surface area contributed by atoms with Crippen LogP contribution in [-0.4, -0.2) is 12.5 Å². The fourth-order valence-electron chi connectivity index (χ4n) is 2.53. The van der Waals surface area contributed by atoms with E-state index in [1.165, 1.54) is 5.56 Å². The Kier molecular flexibility index (Phi) is 3.42. The third-order valence-corrected chi connectivity index (χ3v) is 3.52. The summed E-state index contributed by atoms with van der Waals surface area (Å²) < 4.78 is 5.91. The maximum Gasteiger partial charge on any atom is 0.251 e. The van der Waals surface area contributed by atoms with Gasteiger partial charge in [-0.25, -0.2) is 0 Å². The first kappa shape index (κ1) is 12.7. The van der Waals surface area contributed by atoms with Crippen LogP contribution in [0.15, 0.2) is 42.5 Å². The van der Waals surface area contributed by atoms with E-state index in [-0.39, 0.29) is 5.91 Å². The highest BCUT2D eigenvalue weighted by molar-refractivity contribution is 5.97. The van der Waals surface area contributed by atoms with Gasteiger partial charge >= 0.3 is 0 Å². The van der Waals surface area contributed by atoms with E-state index in [0.717, 1.165) is 28.9 Å². The molecular weight excluding hydrogens is 250 g/mol. The van der Waals surface area contributed by atoms with Gasteiger partial charge in [0.15, 0.2) is 0 Å². The average molecular weight is 267 g/mol. The third-order valence-electron chi connectivity index (χ3n) is 3.52. The van der Waals surface area contributed by atoms with Gasteiger partial charge in [-0.05, 0) is 31.0 Å². The minimum Gasteiger partial charge on any atom is -0.489 e. The number of nitrogens with one attached hydrogen (secondary N) is 1. The third kappa shape index (κ3) is 2.52. The predicted molar refractivity (Wildman–Crippen MR) is 78.0 cm³/mol. The van der Waals surface area contributed by atoms with E-state index < -0.39 is 0 Å². The van der Waals surface area contributed by atoms with Crippen molar-refractivity contribution in [2.24, 2.45) is 0 Å². The largest absolute Gasteiger partial charge is 0.489 e. The molecule has 1 aliphatic rings. The van der Waals surface area contributed by atoms with Crippen molar-refractivity contribution in [3.05, 3.63) is 64.7 Å². The highest BCUT2D eigenvalue weighted by Crippen LogP contribution is 2.26. The first-order chi connectivity index (χ1) is 9.74. The summed E-state index contributed by atoms with van der Waals surface area (Å²) in [6.07, 6.45) is 0.824. The van der Waals surface area contributed by atoms with Crippen molar-refractivity contribution in [1.82, 2.24) is 5.32 Å². The zero-order valence-corrected chi connectivity index (χ0v) is 11.5. The molecule has 3 nitrogen and oxygen atoms in total. The Morgan fingerprint density at radius 3 is 2.90 bits per heavy atom. The first-order valence-electron chi connectivity index (χ1n) is 6.82. The number of amides is 1. The van der Waals surface area contributed by atoms with Gasteiger partial charge < -0.3 is 10.1 Å². The number of hydrogen-bond donors (Lipinski definition) is 1. The molecule has 0 aromatic heterocycles. The molecule has 0 atom stereocenters. The average Bonchev–Trinajstić information content (AvgIpc) is 2.46. The SMILES string of the molecule is Cc1cccc(COc2cccc3c2CCNC3=O)c1. The maximum absolute atomic E-state index is 11.8. The van der Waals surface area contributed by atoms with E-state index in [1.54, 1.807) is 0 Å². The molecule has 1 N–H and O–H groups in total. The lowest BCUT2D eigenvalue weighted by Gasteiger charge is -2.19. The van der Waals surface area contributed by atoms with Crippen LogP contribution in [0.2, 0.25) is 0 Å². The van der Waals surface area contributed by atoms with Crippen LogP contribution in [0.25, 0.3) is 0 Å². The van der Waals surface area contributed by atoms with Crippen molar-refractivity contribution in [3.63, 3.8) is 0 Å². The van der Waals surface area contributed by atoms with Crippen LogP contribution in [0.3, 0.4) is 0 Å². The molecule has 1 heterocycles. The number of rotatable bonds is 3. The molecule has 3 rings (SSSR count). The minimum atomic E-state index is -0.00717. The Balaban J connectivity index is 1.81. The standard InChI is InChI=1S/C17H17NO2/c1-12-4-2-5-13(10-12)11-20-16-7-3-6-15-14(16)8-9-18-17(15)19/h2-7,10H,8-9,11H2,1H3,(H,18,19). The van der Waals surface area contributed by atoms with Crippen LogP contribution in [0.5, 0.6) is 5.75 Å². The van der Waals surface area contributed by atoms with E-state index in [1.807, 2.05) is 24.3 Å². The second-order valence-corrected chi connectivity index (χ2v) is 5.07. The highest BCUT2D eigenvalue weighted by Gasteiger charge is 2.19. The van der Waals surface area contributed by atoms with E-state index in [9.17, 15) is 4.79 Å². The Morgan fingerprint density at radius 2 is 2.05 bits per heavy atom. The summed E-state index contributed by atoms with van der Waals surface area (Å²) in [5, 5.41) is 2.85. The lowest BCUT2D eigenvalue weighted by Crippen LogP contribution is -2.32. The Morgan fingerprint density at radius 1 is 1.20 bits per heavy atom. The lowest BCUT2D eigenvalue weighted by atomic mass is 9.99. The van der Waals surface area contributed by atoms with E-state index >= 15 is 0 Å². The summed E-state index contributed by atoms with van der Waals surface area (Å²) in [6, 6.07) is 13.9. The monoisotopic (exact) mass is 267 g/mol. The van der Waals surface area contributed by atoms with E-state index in [0.29, 0.717) is 13.2 Å². The predicted octanol–water partition coefficient (Wildman–Crippen LogP) is 2.86. The smallest absolute Gasteiger partial charge is 0.251 e. The van der Waals surface area contributed by atoms with Crippen molar-refractivity contribution in [3.8, 4) is 5.75 Å². The molecule has 1 amide bonds. The van der Waals surface area contributed by atoms with Crippen LogP contribution < -0.4 is 10.1 Å². The number of fused-ring (bicyclic) bond motifs is 1. The fourth-order valence-corrected chi connectivity index (χ4v) is 2.53. The molecule has 20 heavy (non-hydrogen) atoms. The molecule has 1 aliphatic heterocycles. The molecule has 3 heteroatoms. The molecule has 0 fully saturated rings. The van der Waals surface area contributed by atoms with Crippen LogP contribution >= 0.6 is 0 Å². The van der Waals surface area contributed by atoms with Gasteiger partial charge in [0.25, 0.3) is 5.91 Å². The number of hydrogen-bond acceptors (Lipinski definition) is 2. The van der Waals surface area contributed by atoms with E-state index in [4.69, 9.17) is 4.74 Å². The molecular formula is C17H17NO2. The molecule has 0 radical (unpaired) electrons. The minimum absolute atomic E-state index is 0.00717. The molecule has 0 bridgehead atoms. The van der Waals surface area contributed by atoms with Gasteiger partial charge in [-0.15, -0.1) is 0 Å². The first-order valence-corrected chi connectivity index (χ1v) is 6.82. The topological polar surface area (TPSA) is 38.3 Å². The Hall–Kier alpha value is -2.29. The molecule has 0 saturated carbocycles. The van der Waals surface area contributed by atoms with Crippen molar-refractivity contribution in [2.45, 2.75) is 20.0 Å². The molecule has 0 aliphatic carbocycles. The lowest BCUT2D eigenvalue weighted by molar-refractivity contribution is 0.0945. The molecule has 102 valence electrons. The Bertz CT molecular complexity index is 649. The van der Waals surface area contributed by atoms with Crippen LogP contribution in [-0.2, 0) is 13.0 Å². The summed E-state index contributed by atoms with van der Waals surface area (Å²) in [4.78, 5) is 11.8. The molecule has 2 aromatic carbocycles. The summed E-state index contributed by atoms with van der Waals surface area (Å²) in [6.45, 7) is 3.27. The van der Waals surface area contributed by atoms with Gasteiger partial charge in [0, 0.05) is 17.7 Å². The number of benzene rings is 2. The van der Waals surface area contributed by atoms with Crippen molar-refractivity contribution in [2.75, 3.05) is 6.54 Å². The number of aryl methyl sites for hydroxylation is 1. The van der Waals surface area contributed by atoms with Gasteiger partial charge in [0.05, 0.1) is 0 Å². The van der Waals surface area contributed by atoms with Gasteiger partial charge in [-0.3, -0.25) is 4.79 Å². The second-order valence-electron chi connectivity index (χ2n) is 5.07. The van der Waals surface area contributed by atoms with Crippen molar-refractivity contribution < 1.29 is 9.53 Å². The van der Waals surface area contributed by atoms with Crippen LogP contribution in [0.1, 0.15) is 27.0 Å². The number of ether oxygens (including phenoxy) is 1. The van der Waals surface area contributed by atoms with Gasteiger partial charge in [-0.1, -0.05) is 35.9 Å². The van der Waals surface area contributed by atoms with Gasteiger partial charge in [0.2, 0.25) is 0 Å². The van der Waals surface area contributed by atoms with E-state index in [2.05, 4.69) is 30.4 Å². The molecule has 0 saturated heterocycles. The van der Waals surface area contributed by atoms with Crippen molar-refractivity contribution >= 4 is 5.91 Å². The Labute approximate surface area is 118 Å². The van der Waals surface area contributed by atoms with Gasteiger partial charge in [-0.2, -0.15) is 0 Å². The summed E-state index contributed by atoms with van der Waals surface area (Å²) >= 11 is 0. The summed E-state index contributed by atoms with van der Waals surface area (Å²) in [5.74, 6) is 0.811. The molecule has 2 aromatic rings. The van der Waals surface area contributed by atoms with Crippen LogP contribution in [0, 0.1) is 6.92 Å². The normalized spacial score (nSPS) is 13.6. The quantitative estimate of drug-likeness (QED) is 0.928. The second kappa shape index (κ2) is 5.37. The maximum atomic E-state index is 11.8.